The Labute approximate surface area is 114 Å². The van der Waals surface area contributed by atoms with Crippen LogP contribution in [0.2, 0.25) is 0 Å². The Morgan fingerprint density at radius 2 is 2.33 bits per heavy atom. The second-order valence-corrected chi connectivity index (χ2v) is 5.75. The maximum Gasteiger partial charge on any atom is 0.109 e. The molecule has 3 rings (SSSR count). The van der Waals surface area contributed by atoms with Gasteiger partial charge in [0.05, 0.1) is 11.9 Å². The lowest BCUT2D eigenvalue weighted by Gasteiger charge is -2.31. The van der Waals surface area contributed by atoms with Crippen molar-refractivity contribution in [2.75, 3.05) is 0 Å². The van der Waals surface area contributed by atoms with Crippen molar-refractivity contribution in [2.45, 2.75) is 31.3 Å². The summed E-state index contributed by atoms with van der Waals surface area (Å²) in [6.07, 6.45) is 8.44. The van der Waals surface area contributed by atoms with Crippen molar-refractivity contribution in [2.24, 2.45) is 0 Å². The minimum atomic E-state index is -0.816. The number of pyridine rings is 1. The Kier molecular flexibility index (Phi) is 2.99. The molecule has 2 aromatic rings. The molecule has 1 aliphatic rings. The third-order valence-corrected chi connectivity index (χ3v) is 3.93. The number of rotatable bonds is 2. The Morgan fingerprint density at radius 1 is 1.44 bits per heavy atom. The van der Waals surface area contributed by atoms with Gasteiger partial charge in [0, 0.05) is 35.3 Å². The minimum absolute atomic E-state index is 0.575. The molecular weight excluding hydrogens is 294 g/mol. The van der Waals surface area contributed by atoms with Gasteiger partial charge in [0.25, 0.3) is 0 Å². The van der Waals surface area contributed by atoms with Gasteiger partial charge in [0.2, 0.25) is 0 Å². The molecule has 0 aromatic carbocycles. The zero-order chi connectivity index (χ0) is 12.6. The Hall–Kier alpha value is -1.13. The smallest absolute Gasteiger partial charge is 0.109 e. The van der Waals surface area contributed by atoms with E-state index in [2.05, 4.69) is 20.9 Å². The highest BCUT2D eigenvalue weighted by atomic mass is 79.9. The first-order valence-corrected chi connectivity index (χ1v) is 6.85. The number of hydrogen-bond acceptors (Lipinski definition) is 3. The number of aliphatic hydroxyl groups is 1. The quantitative estimate of drug-likeness (QED) is 0.926. The lowest BCUT2D eigenvalue weighted by Crippen LogP contribution is -2.32. The SMILES string of the molecule is OC1(Cc2cncc(Br)c2)CCCc2occc21. The number of aryl methyl sites for hydroxylation is 1. The van der Waals surface area contributed by atoms with E-state index in [0.717, 1.165) is 40.6 Å². The zero-order valence-corrected chi connectivity index (χ0v) is 11.5. The standard InChI is InChI=1S/C14H14BrNO2/c15-11-6-10(8-16-9-11)7-14(17)4-1-2-13-12(14)3-5-18-13/h3,5-6,8-9,17H,1-2,4,7H2. The van der Waals surface area contributed by atoms with E-state index in [1.807, 2.05) is 12.1 Å². The summed E-state index contributed by atoms with van der Waals surface area (Å²) in [5.41, 5.74) is 1.15. The van der Waals surface area contributed by atoms with E-state index < -0.39 is 5.60 Å². The highest BCUT2D eigenvalue weighted by Gasteiger charge is 2.36. The lowest BCUT2D eigenvalue weighted by molar-refractivity contribution is 0.0168. The van der Waals surface area contributed by atoms with Gasteiger partial charge in [-0.25, -0.2) is 0 Å². The molecule has 0 amide bonds. The molecule has 1 atom stereocenters. The second-order valence-electron chi connectivity index (χ2n) is 4.83. The molecule has 1 unspecified atom stereocenters. The lowest BCUT2D eigenvalue weighted by atomic mass is 9.79. The van der Waals surface area contributed by atoms with Gasteiger partial charge in [-0.3, -0.25) is 4.98 Å². The van der Waals surface area contributed by atoms with E-state index in [-0.39, 0.29) is 0 Å². The summed E-state index contributed by atoms with van der Waals surface area (Å²) in [7, 11) is 0. The highest BCUT2D eigenvalue weighted by molar-refractivity contribution is 9.10. The predicted octanol–water partition coefficient (Wildman–Crippen LogP) is 3.20. The van der Waals surface area contributed by atoms with Crippen LogP contribution in [0, 0.1) is 0 Å². The molecule has 0 saturated heterocycles. The van der Waals surface area contributed by atoms with Crippen LogP contribution in [0.1, 0.15) is 29.7 Å². The number of hydrogen-bond donors (Lipinski definition) is 1. The molecule has 4 heteroatoms. The van der Waals surface area contributed by atoms with E-state index >= 15 is 0 Å². The molecule has 3 nitrogen and oxygen atoms in total. The van der Waals surface area contributed by atoms with Gasteiger partial charge in [-0.05, 0) is 46.5 Å². The van der Waals surface area contributed by atoms with Crippen molar-refractivity contribution in [3.05, 3.63) is 52.1 Å². The summed E-state index contributed by atoms with van der Waals surface area (Å²) in [6, 6.07) is 3.89. The third kappa shape index (κ3) is 2.10. The summed E-state index contributed by atoms with van der Waals surface area (Å²) in [6.45, 7) is 0. The van der Waals surface area contributed by atoms with Crippen molar-refractivity contribution in [3.63, 3.8) is 0 Å². The van der Waals surface area contributed by atoms with Gasteiger partial charge in [-0.15, -0.1) is 0 Å². The van der Waals surface area contributed by atoms with Crippen LogP contribution in [0.4, 0.5) is 0 Å². The fourth-order valence-corrected chi connectivity index (χ4v) is 3.11. The van der Waals surface area contributed by atoms with Crippen LogP contribution in [-0.2, 0) is 18.4 Å². The van der Waals surface area contributed by atoms with Crippen molar-refractivity contribution in [3.8, 4) is 0 Å². The Balaban J connectivity index is 1.93. The minimum Gasteiger partial charge on any atom is -0.469 e. The summed E-state index contributed by atoms with van der Waals surface area (Å²) in [5, 5.41) is 10.9. The highest BCUT2D eigenvalue weighted by Crippen LogP contribution is 2.38. The summed E-state index contributed by atoms with van der Waals surface area (Å²) >= 11 is 3.41. The van der Waals surface area contributed by atoms with Crippen molar-refractivity contribution in [1.82, 2.24) is 4.98 Å². The van der Waals surface area contributed by atoms with Crippen molar-refractivity contribution in [1.29, 1.82) is 0 Å². The molecule has 0 bridgehead atoms. The molecule has 0 spiro atoms. The monoisotopic (exact) mass is 307 g/mol. The van der Waals surface area contributed by atoms with Gasteiger partial charge >= 0.3 is 0 Å². The van der Waals surface area contributed by atoms with E-state index in [9.17, 15) is 5.11 Å². The molecule has 2 heterocycles. The number of furan rings is 1. The summed E-state index contributed by atoms with van der Waals surface area (Å²) in [4.78, 5) is 4.14. The Bertz CT molecular complexity index is 566. The number of aromatic nitrogens is 1. The van der Waals surface area contributed by atoms with Crippen LogP contribution in [-0.4, -0.2) is 10.1 Å². The largest absolute Gasteiger partial charge is 0.469 e. The van der Waals surface area contributed by atoms with E-state index in [1.165, 1.54) is 0 Å². The topological polar surface area (TPSA) is 46.3 Å². The van der Waals surface area contributed by atoms with Crippen molar-refractivity contribution >= 4 is 15.9 Å². The van der Waals surface area contributed by atoms with Crippen LogP contribution in [0.5, 0.6) is 0 Å². The molecule has 1 N–H and O–H groups in total. The number of halogens is 1. The van der Waals surface area contributed by atoms with E-state index in [0.29, 0.717) is 6.42 Å². The van der Waals surface area contributed by atoms with Crippen LogP contribution in [0.3, 0.4) is 0 Å². The molecular formula is C14H14BrNO2. The maximum atomic E-state index is 10.9. The molecule has 2 aromatic heterocycles. The molecule has 18 heavy (non-hydrogen) atoms. The molecule has 94 valence electrons. The molecule has 0 fully saturated rings. The van der Waals surface area contributed by atoms with Gasteiger partial charge < -0.3 is 9.52 Å². The van der Waals surface area contributed by atoms with Crippen LogP contribution < -0.4 is 0 Å². The van der Waals surface area contributed by atoms with Crippen LogP contribution >= 0.6 is 15.9 Å². The summed E-state index contributed by atoms with van der Waals surface area (Å²) in [5.74, 6) is 0.923. The molecule has 0 aliphatic heterocycles. The van der Waals surface area contributed by atoms with Crippen molar-refractivity contribution < 1.29 is 9.52 Å². The fourth-order valence-electron chi connectivity index (χ4n) is 2.70. The zero-order valence-electron chi connectivity index (χ0n) is 9.90. The average molecular weight is 308 g/mol. The summed E-state index contributed by atoms with van der Waals surface area (Å²) < 4.78 is 6.36. The van der Waals surface area contributed by atoms with Crippen LogP contribution in [0.25, 0.3) is 0 Å². The number of fused-ring (bicyclic) bond motifs is 1. The third-order valence-electron chi connectivity index (χ3n) is 3.50. The fraction of sp³-hybridized carbons (Fsp3) is 0.357. The maximum absolute atomic E-state index is 10.9. The second kappa shape index (κ2) is 4.52. The number of nitrogens with zero attached hydrogens (tertiary/aromatic N) is 1. The predicted molar refractivity (Wildman–Crippen MR) is 71.2 cm³/mol. The van der Waals surface area contributed by atoms with E-state index in [4.69, 9.17) is 4.42 Å². The normalized spacial score (nSPS) is 22.8. The van der Waals surface area contributed by atoms with Gasteiger partial charge in [0.1, 0.15) is 5.76 Å². The molecule has 1 aliphatic carbocycles. The van der Waals surface area contributed by atoms with Gasteiger partial charge in [-0.2, -0.15) is 0 Å². The molecule has 0 radical (unpaired) electrons. The van der Waals surface area contributed by atoms with Gasteiger partial charge in [-0.1, -0.05) is 0 Å². The Morgan fingerprint density at radius 3 is 3.17 bits per heavy atom. The first kappa shape index (κ1) is 11.9. The first-order chi connectivity index (χ1) is 8.67. The average Bonchev–Trinajstić information content (AvgIpc) is 2.78. The first-order valence-electron chi connectivity index (χ1n) is 6.06. The molecule has 0 saturated carbocycles. The van der Waals surface area contributed by atoms with E-state index in [1.54, 1.807) is 18.7 Å². The van der Waals surface area contributed by atoms with Crippen LogP contribution in [0.15, 0.2) is 39.7 Å². The van der Waals surface area contributed by atoms with Gasteiger partial charge in [0.15, 0.2) is 0 Å².